The zero-order chi connectivity index (χ0) is 13.0. The number of aryl methyl sites for hydroxylation is 1. The fourth-order valence-electron chi connectivity index (χ4n) is 1.67. The zero-order valence-electron chi connectivity index (χ0n) is 10.2. The van der Waals surface area contributed by atoms with E-state index in [-0.39, 0.29) is 5.78 Å². The van der Waals surface area contributed by atoms with E-state index in [1.165, 1.54) is 11.8 Å². The Kier molecular flexibility index (Phi) is 4.28. The van der Waals surface area contributed by atoms with E-state index in [2.05, 4.69) is 9.97 Å². The van der Waals surface area contributed by atoms with Gasteiger partial charge in [0.15, 0.2) is 5.78 Å². The Morgan fingerprint density at radius 1 is 1.28 bits per heavy atom. The second kappa shape index (κ2) is 5.93. The summed E-state index contributed by atoms with van der Waals surface area (Å²) in [7, 11) is 0. The van der Waals surface area contributed by atoms with Gasteiger partial charge in [0.05, 0.1) is 22.5 Å². The minimum absolute atomic E-state index is 0.0178. The summed E-state index contributed by atoms with van der Waals surface area (Å²) in [5, 5.41) is 0. The molecule has 4 nitrogen and oxygen atoms in total. The van der Waals surface area contributed by atoms with Gasteiger partial charge in [-0.05, 0) is 19.1 Å². The molecule has 2 rings (SSSR count). The molecule has 2 aromatic rings. The average Bonchev–Trinajstić information content (AvgIpc) is 2.38. The smallest absolute Gasteiger partial charge is 0.192 e. The van der Waals surface area contributed by atoms with E-state index in [1.807, 2.05) is 31.2 Å². The zero-order valence-corrected chi connectivity index (χ0v) is 11.0. The Morgan fingerprint density at radius 3 is 2.61 bits per heavy atom. The number of fused-ring (bicyclic) bond motifs is 1. The van der Waals surface area contributed by atoms with Gasteiger partial charge in [0, 0.05) is 12.3 Å². The lowest BCUT2D eigenvalue weighted by Crippen LogP contribution is -2.11. The lowest BCUT2D eigenvalue weighted by Gasteiger charge is -2.05. The summed E-state index contributed by atoms with van der Waals surface area (Å²) in [6.45, 7) is 2.40. The Bertz CT molecular complexity index is 571. The first kappa shape index (κ1) is 13.0. The molecule has 0 saturated carbocycles. The topological polar surface area (TPSA) is 68.9 Å². The molecule has 0 bridgehead atoms. The van der Waals surface area contributed by atoms with Gasteiger partial charge in [-0.15, -0.1) is 0 Å². The fourth-order valence-corrected chi connectivity index (χ4v) is 2.30. The molecule has 0 radical (unpaired) electrons. The largest absolute Gasteiger partial charge is 0.330 e. The maximum Gasteiger partial charge on any atom is 0.192 e. The van der Waals surface area contributed by atoms with Gasteiger partial charge >= 0.3 is 0 Å². The molecular weight excluding hydrogens is 246 g/mol. The highest BCUT2D eigenvalue weighted by Crippen LogP contribution is 2.14. The van der Waals surface area contributed by atoms with Crippen LogP contribution in [0.4, 0.5) is 0 Å². The number of ketones is 1. The monoisotopic (exact) mass is 261 g/mol. The number of nitrogens with two attached hydrogens (primary N) is 1. The number of aromatic nitrogens is 2. The molecule has 0 saturated heterocycles. The summed E-state index contributed by atoms with van der Waals surface area (Å²) in [6, 6.07) is 7.57. The van der Waals surface area contributed by atoms with Gasteiger partial charge in [-0.2, -0.15) is 11.8 Å². The quantitative estimate of drug-likeness (QED) is 0.656. The third-order valence-electron chi connectivity index (χ3n) is 2.50. The van der Waals surface area contributed by atoms with E-state index in [9.17, 15) is 4.79 Å². The van der Waals surface area contributed by atoms with Crippen LogP contribution in [0.5, 0.6) is 0 Å². The van der Waals surface area contributed by atoms with Gasteiger partial charge < -0.3 is 5.73 Å². The lowest BCUT2D eigenvalue weighted by molar-refractivity contribution is 0.101. The second-order valence-electron chi connectivity index (χ2n) is 3.91. The highest BCUT2D eigenvalue weighted by Gasteiger charge is 2.13. The van der Waals surface area contributed by atoms with E-state index in [1.54, 1.807) is 0 Å². The van der Waals surface area contributed by atoms with Crippen molar-refractivity contribution >= 4 is 28.6 Å². The van der Waals surface area contributed by atoms with Gasteiger partial charge in [-0.3, -0.25) is 4.79 Å². The summed E-state index contributed by atoms with van der Waals surface area (Å²) >= 11 is 1.53. The van der Waals surface area contributed by atoms with Gasteiger partial charge in [-0.1, -0.05) is 12.1 Å². The van der Waals surface area contributed by atoms with E-state index in [0.717, 1.165) is 16.8 Å². The number of nitrogens with zero attached hydrogens (tertiary/aromatic N) is 2. The van der Waals surface area contributed by atoms with Crippen LogP contribution in [0.15, 0.2) is 24.3 Å². The molecule has 0 amide bonds. The van der Waals surface area contributed by atoms with Crippen LogP contribution in [0, 0.1) is 6.92 Å². The first-order valence-corrected chi connectivity index (χ1v) is 6.92. The number of hydrogen-bond acceptors (Lipinski definition) is 5. The predicted octanol–water partition coefficient (Wildman–Crippen LogP) is 1.81. The van der Waals surface area contributed by atoms with Crippen LogP contribution in [-0.2, 0) is 0 Å². The first-order chi connectivity index (χ1) is 8.72. The van der Waals surface area contributed by atoms with Crippen LogP contribution < -0.4 is 5.73 Å². The average molecular weight is 261 g/mol. The number of rotatable bonds is 5. The molecule has 0 fully saturated rings. The SMILES string of the molecule is Cc1nc2ccccc2nc1C(=O)CSCCN. The van der Waals surface area contributed by atoms with E-state index < -0.39 is 0 Å². The lowest BCUT2D eigenvalue weighted by atomic mass is 10.2. The van der Waals surface area contributed by atoms with Crippen LogP contribution in [0.2, 0.25) is 0 Å². The van der Waals surface area contributed by atoms with Crippen molar-refractivity contribution in [3.63, 3.8) is 0 Å². The molecule has 0 aliphatic heterocycles. The third kappa shape index (κ3) is 2.86. The molecule has 18 heavy (non-hydrogen) atoms. The van der Waals surface area contributed by atoms with E-state index in [4.69, 9.17) is 5.73 Å². The van der Waals surface area contributed by atoms with Crippen molar-refractivity contribution in [2.75, 3.05) is 18.1 Å². The molecule has 0 unspecified atom stereocenters. The van der Waals surface area contributed by atoms with E-state index in [0.29, 0.717) is 23.7 Å². The molecule has 0 atom stereocenters. The number of benzene rings is 1. The van der Waals surface area contributed by atoms with Gasteiger partial charge in [0.25, 0.3) is 0 Å². The van der Waals surface area contributed by atoms with Crippen molar-refractivity contribution in [2.24, 2.45) is 5.73 Å². The second-order valence-corrected chi connectivity index (χ2v) is 5.02. The summed E-state index contributed by atoms with van der Waals surface area (Å²) in [5.74, 6) is 1.21. The molecule has 1 aromatic heterocycles. The number of para-hydroxylation sites is 2. The molecule has 2 N–H and O–H groups in total. The normalized spacial score (nSPS) is 10.8. The molecule has 1 aromatic carbocycles. The van der Waals surface area contributed by atoms with Crippen LogP contribution in [-0.4, -0.2) is 33.8 Å². The molecule has 0 aliphatic rings. The highest BCUT2D eigenvalue weighted by atomic mass is 32.2. The van der Waals surface area contributed by atoms with Gasteiger partial charge in [0.2, 0.25) is 0 Å². The summed E-state index contributed by atoms with van der Waals surface area (Å²) < 4.78 is 0. The molecule has 0 aliphatic carbocycles. The van der Waals surface area contributed by atoms with Crippen LogP contribution >= 0.6 is 11.8 Å². The summed E-state index contributed by atoms with van der Waals surface area (Å²) in [4.78, 5) is 20.8. The first-order valence-electron chi connectivity index (χ1n) is 5.77. The van der Waals surface area contributed by atoms with Gasteiger partial charge in [0.1, 0.15) is 5.69 Å². The Morgan fingerprint density at radius 2 is 1.94 bits per heavy atom. The van der Waals surface area contributed by atoms with Crippen LogP contribution in [0.25, 0.3) is 11.0 Å². The number of carbonyl (C=O) groups excluding carboxylic acids is 1. The van der Waals surface area contributed by atoms with Crippen molar-refractivity contribution < 1.29 is 4.79 Å². The maximum atomic E-state index is 12.0. The summed E-state index contributed by atoms with van der Waals surface area (Å²) in [6.07, 6.45) is 0. The van der Waals surface area contributed by atoms with Crippen LogP contribution in [0.1, 0.15) is 16.2 Å². The Balaban J connectivity index is 2.27. The molecule has 0 spiro atoms. The third-order valence-corrected chi connectivity index (χ3v) is 3.50. The fraction of sp³-hybridized carbons (Fsp3) is 0.308. The van der Waals surface area contributed by atoms with Crippen molar-refractivity contribution in [2.45, 2.75) is 6.92 Å². The van der Waals surface area contributed by atoms with Crippen LogP contribution in [0.3, 0.4) is 0 Å². The van der Waals surface area contributed by atoms with E-state index >= 15 is 0 Å². The highest BCUT2D eigenvalue weighted by molar-refractivity contribution is 8.00. The standard InChI is InChI=1S/C13H15N3OS/c1-9-13(12(17)8-18-7-6-14)16-11-5-3-2-4-10(11)15-9/h2-5H,6-8,14H2,1H3. The van der Waals surface area contributed by atoms with Crippen molar-refractivity contribution in [3.05, 3.63) is 35.7 Å². The predicted molar refractivity (Wildman–Crippen MR) is 75.0 cm³/mol. The molecular formula is C13H15N3OS. The summed E-state index contributed by atoms with van der Waals surface area (Å²) in [5.41, 5.74) is 8.14. The van der Waals surface area contributed by atoms with Crippen molar-refractivity contribution in [3.8, 4) is 0 Å². The number of Topliss-reactive ketones (excluding diaryl/α,β-unsaturated/α-hetero) is 1. The van der Waals surface area contributed by atoms with Gasteiger partial charge in [-0.25, -0.2) is 9.97 Å². The molecule has 5 heteroatoms. The Hall–Kier alpha value is -1.46. The number of thioether (sulfide) groups is 1. The van der Waals surface area contributed by atoms with Crippen molar-refractivity contribution in [1.29, 1.82) is 0 Å². The van der Waals surface area contributed by atoms with Crippen molar-refractivity contribution in [1.82, 2.24) is 9.97 Å². The molecule has 94 valence electrons. The maximum absolute atomic E-state index is 12.0. The number of hydrogen-bond donors (Lipinski definition) is 1. The minimum atomic E-state index is 0.0178. The minimum Gasteiger partial charge on any atom is -0.330 e. The number of carbonyl (C=O) groups is 1. The Labute approximate surface area is 110 Å². The molecule has 1 heterocycles.